The highest BCUT2D eigenvalue weighted by atomic mass is 32.1. The molecule has 4 heteroatoms. The summed E-state index contributed by atoms with van der Waals surface area (Å²) in [6.45, 7) is 1.36. The molecule has 0 amide bonds. The molecule has 0 saturated carbocycles. The minimum atomic E-state index is 0.504. The average molecular weight is 184 g/mol. The van der Waals surface area contributed by atoms with Gasteiger partial charge in [-0.15, -0.1) is 0 Å². The zero-order valence-electron chi connectivity index (χ0n) is 6.99. The van der Waals surface area contributed by atoms with E-state index in [9.17, 15) is 0 Å². The summed E-state index contributed by atoms with van der Waals surface area (Å²) in [5.41, 5.74) is 5.38. The van der Waals surface area contributed by atoms with E-state index in [2.05, 4.69) is 0 Å². The molecule has 1 aromatic heterocycles. The molecule has 0 bridgehead atoms. The van der Waals surface area contributed by atoms with Crippen molar-refractivity contribution in [1.29, 1.82) is 0 Å². The second-order valence-corrected chi connectivity index (χ2v) is 3.24. The van der Waals surface area contributed by atoms with Gasteiger partial charge >= 0.3 is 0 Å². The Morgan fingerprint density at radius 3 is 3.00 bits per heavy atom. The highest BCUT2D eigenvalue weighted by Gasteiger charge is 2.02. The number of hydrogen-bond donors (Lipinski definition) is 1. The first kappa shape index (κ1) is 9.22. The third-order valence-corrected chi connectivity index (χ3v) is 1.56. The van der Waals surface area contributed by atoms with Gasteiger partial charge in [-0.3, -0.25) is 4.90 Å². The van der Waals surface area contributed by atoms with Crippen LogP contribution in [0.15, 0.2) is 22.8 Å². The summed E-state index contributed by atoms with van der Waals surface area (Å²) in [4.78, 5) is 2.50. The lowest BCUT2D eigenvalue weighted by molar-refractivity contribution is 0.331. The Bertz CT molecular complexity index is 246. The number of nitrogens with two attached hydrogens (primary N) is 1. The number of likely N-dealkylation sites (N-methyl/N-ethyl adjacent to an activating group) is 1. The molecule has 66 valence electrons. The van der Waals surface area contributed by atoms with Gasteiger partial charge in [-0.2, -0.15) is 0 Å². The highest BCUT2D eigenvalue weighted by Crippen LogP contribution is 2.02. The van der Waals surface area contributed by atoms with E-state index in [4.69, 9.17) is 22.4 Å². The summed E-state index contributed by atoms with van der Waals surface area (Å²) >= 11 is 4.77. The fraction of sp³-hybridized carbons (Fsp3) is 0.375. The maximum atomic E-state index is 5.38. The summed E-state index contributed by atoms with van der Waals surface area (Å²) in [6.07, 6.45) is 1.66. The smallest absolute Gasteiger partial charge is 0.117 e. The first-order chi connectivity index (χ1) is 5.68. The second-order valence-electron chi connectivity index (χ2n) is 2.72. The van der Waals surface area contributed by atoms with E-state index >= 15 is 0 Å². The van der Waals surface area contributed by atoms with Gasteiger partial charge in [-0.25, -0.2) is 0 Å². The van der Waals surface area contributed by atoms with Crippen molar-refractivity contribution in [2.45, 2.75) is 6.54 Å². The summed E-state index contributed by atoms with van der Waals surface area (Å²) in [6, 6.07) is 3.79. The first-order valence-corrected chi connectivity index (χ1v) is 4.08. The van der Waals surface area contributed by atoms with E-state index < -0.39 is 0 Å². The lowest BCUT2D eigenvalue weighted by Gasteiger charge is -2.13. The maximum absolute atomic E-state index is 5.38. The summed E-state index contributed by atoms with van der Waals surface area (Å²) in [7, 11) is 1.95. The Kier molecular flexibility index (Phi) is 3.25. The van der Waals surface area contributed by atoms with Crippen molar-refractivity contribution in [2.24, 2.45) is 5.73 Å². The quantitative estimate of drug-likeness (QED) is 0.709. The van der Waals surface area contributed by atoms with E-state index in [-0.39, 0.29) is 0 Å². The van der Waals surface area contributed by atoms with Gasteiger partial charge in [-0.05, 0) is 19.2 Å². The van der Waals surface area contributed by atoms with Gasteiger partial charge in [0.05, 0.1) is 17.8 Å². The number of furan rings is 1. The van der Waals surface area contributed by atoms with Crippen LogP contribution >= 0.6 is 12.2 Å². The number of nitrogens with zero attached hydrogens (tertiary/aromatic N) is 1. The standard InChI is InChI=1S/C8H12N2OS/c1-10(6-8(9)12)5-7-3-2-4-11-7/h2-4H,5-6H2,1H3,(H2,9,12). The van der Waals surface area contributed by atoms with Gasteiger partial charge in [0.15, 0.2) is 0 Å². The van der Waals surface area contributed by atoms with Crippen LogP contribution in [0, 0.1) is 0 Å². The molecule has 0 radical (unpaired) electrons. The third-order valence-electron chi connectivity index (χ3n) is 1.43. The van der Waals surface area contributed by atoms with Gasteiger partial charge in [0.2, 0.25) is 0 Å². The topological polar surface area (TPSA) is 42.4 Å². The molecule has 3 nitrogen and oxygen atoms in total. The minimum Gasteiger partial charge on any atom is -0.468 e. The number of rotatable bonds is 4. The van der Waals surface area contributed by atoms with Crippen LogP contribution in [0.3, 0.4) is 0 Å². The van der Waals surface area contributed by atoms with E-state index in [1.54, 1.807) is 6.26 Å². The van der Waals surface area contributed by atoms with Crippen LogP contribution in [0.5, 0.6) is 0 Å². The van der Waals surface area contributed by atoms with Crippen molar-refractivity contribution in [1.82, 2.24) is 4.90 Å². The van der Waals surface area contributed by atoms with Crippen molar-refractivity contribution in [3.05, 3.63) is 24.2 Å². The molecule has 0 aliphatic rings. The van der Waals surface area contributed by atoms with Gasteiger partial charge < -0.3 is 10.2 Å². The van der Waals surface area contributed by atoms with Crippen LogP contribution in [-0.4, -0.2) is 23.5 Å². The van der Waals surface area contributed by atoms with Crippen LogP contribution in [0.4, 0.5) is 0 Å². The van der Waals surface area contributed by atoms with Crippen molar-refractivity contribution in [3.8, 4) is 0 Å². The Morgan fingerprint density at radius 1 is 1.75 bits per heavy atom. The highest BCUT2D eigenvalue weighted by molar-refractivity contribution is 7.80. The molecule has 0 atom stereocenters. The molecular formula is C8H12N2OS. The summed E-state index contributed by atoms with van der Waals surface area (Å²) in [5, 5.41) is 0. The monoisotopic (exact) mass is 184 g/mol. The largest absolute Gasteiger partial charge is 0.468 e. The Morgan fingerprint density at radius 2 is 2.50 bits per heavy atom. The zero-order chi connectivity index (χ0) is 8.97. The molecule has 2 N–H and O–H groups in total. The van der Waals surface area contributed by atoms with Crippen molar-refractivity contribution < 1.29 is 4.42 Å². The molecule has 0 aliphatic heterocycles. The molecule has 1 aromatic rings. The fourth-order valence-electron chi connectivity index (χ4n) is 0.991. The normalized spacial score (nSPS) is 10.5. The first-order valence-electron chi connectivity index (χ1n) is 3.67. The molecule has 0 fully saturated rings. The number of thiocarbonyl (C=S) groups is 1. The molecule has 0 saturated heterocycles. The third kappa shape index (κ3) is 3.02. The van der Waals surface area contributed by atoms with E-state index in [0.29, 0.717) is 11.5 Å². The molecule has 0 spiro atoms. The van der Waals surface area contributed by atoms with Crippen LogP contribution in [0.1, 0.15) is 5.76 Å². The Labute approximate surface area is 77.1 Å². The average Bonchev–Trinajstić information content (AvgIpc) is 2.37. The van der Waals surface area contributed by atoms with Crippen molar-refractivity contribution in [2.75, 3.05) is 13.6 Å². The molecule has 0 unspecified atom stereocenters. The van der Waals surface area contributed by atoms with Gasteiger partial charge in [0, 0.05) is 6.54 Å². The summed E-state index contributed by atoms with van der Waals surface area (Å²) in [5.74, 6) is 0.925. The predicted molar refractivity (Wildman–Crippen MR) is 51.8 cm³/mol. The van der Waals surface area contributed by atoms with Crippen LogP contribution in [0.25, 0.3) is 0 Å². The van der Waals surface area contributed by atoms with Crippen molar-refractivity contribution >= 4 is 17.2 Å². The minimum absolute atomic E-state index is 0.504. The van der Waals surface area contributed by atoms with Crippen LogP contribution in [-0.2, 0) is 6.54 Å². The molecule has 12 heavy (non-hydrogen) atoms. The fourth-order valence-corrected chi connectivity index (χ4v) is 1.21. The Balaban J connectivity index is 2.36. The Hall–Kier alpha value is -0.870. The summed E-state index contributed by atoms with van der Waals surface area (Å²) < 4.78 is 5.16. The molecule has 0 aliphatic carbocycles. The molecule has 1 rings (SSSR count). The molecule has 1 heterocycles. The second kappa shape index (κ2) is 4.23. The number of hydrogen-bond acceptors (Lipinski definition) is 3. The SMILES string of the molecule is CN(CC(N)=S)Cc1ccco1. The van der Waals surface area contributed by atoms with E-state index in [1.165, 1.54) is 0 Å². The van der Waals surface area contributed by atoms with E-state index in [0.717, 1.165) is 12.3 Å². The lowest BCUT2D eigenvalue weighted by Crippen LogP contribution is -2.28. The van der Waals surface area contributed by atoms with Gasteiger partial charge in [-0.1, -0.05) is 12.2 Å². The molecule has 0 aromatic carbocycles. The maximum Gasteiger partial charge on any atom is 0.117 e. The van der Waals surface area contributed by atoms with Crippen LogP contribution < -0.4 is 5.73 Å². The van der Waals surface area contributed by atoms with Crippen molar-refractivity contribution in [3.63, 3.8) is 0 Å². The van der Waals surface area contributed by atoms with E-state index in [1.807, 2.05) is 24.1 Å². The zero-order valence-corrected chi connectivity index (χ0v) is 7.80. The van der Waals surface area contributed by atoms with Gasteiger partial charge in [0.25, 0.3) is 0 Å². The van der Waals surface area contributed by atoms with Crippen LogP contribution in [0.2, 0.25) is 0 Å². The lowest BCUT2D eigenvalue weighted by atomic mass is 10.4. The van der Waals surface area contributed by atoms with Gasteiger partial charge in [0.1, 0.15) is 5.76 Å². The predicted octanol–water partition coefficient (Wildman–Crippen LogP) is 0.998. The molecular weight excluding hydrogens is 172 g/mol.